The summed E-state index contributed by atoms with van der Waals surface area (Å²) in [5.74, 6) is 0. The van der Waals surface area contributed by atoms with Gasteiger partial charge in [-0.15, -0.1) is 0 Å². The molecule has 1 aromatic rings. The van der Waals surface area contributed by atoms with E-state index in [2.05, 4.69) is 32.0 Å². The Hall–Kier alpha value is -0.880. The Morgan fingerprint density at radius 1 is 1.46 bits per heavy atom. The van der Waals surface area contributed by atoms with Gasteiger partial charge in [-0.3, -0.25) is 4.72 Å². The second kappa shape index (κ2) is 2.81. The van der Waals surface area contributed by atoms with Crippen molar-refractivity contribution in [1.82, 2.24) is 4.72 Å². The van der Waals surface area contributed by atoms with E-state index in [1.54, 1.807) is 12.1 Å². The molecule has 4 nitrogen and oxygen atoms in total. The third-order valence-corrected chi connectivity index (χ3v) is 3.34. The fourth-order valence-electron chi connectivity index (χ4n) is 1.00. The number of aliphatic imine (C=N–C) groups is 1. The van der Waals surface area contributed by atoms with Crippen molar-refractivity contribution in [3.8, 4) is 0 Å². The van der Waals surface area contributed by atoms with Crippen molar-refractivity contribution < 1.29 is 8.42 Å². The van der Waals surface area contributed by atoms with Gasteiger partial charge in [0.25, 0.3) is 10.0 Å². The van der Waals surface area contributed by atoms with Gasteiger partial charge in [0.15, 0.2) is 6.34 Å². The zero-order valence-corrected chi connectivity index (χ0v) is 8.68. The number of nitrogens with zero attached hydrogens (tertiary/aromatic N) is 1. The smallest absolute Gasteiger partial charge is 0.260 e. The minimum Gasteiger partial charge on any atom is -0.260 e. The van der Waals surface area contributed by atoms with Crippen LogP contribution in [0.1, 0.15) is 0 Å². The third kappa shape index (κ3) is 1.47. The maximum atomic E-state index is 11.3. The molecule has 1 heterocycles. The topological polar surface area (TPSA) is 58.5 Å². The number of sulfonamides is 1. The SMILES string of the molecule is O=S1(=O)N[C]=Nc2cc(Br)ccc21. The van der Waals surface area contributed by atoms with Crippen LogP contribution in [0.3, 0.4) is 0 Å². The predicted octanol–water partition coefficient (Wildman–Crippen LogP) is 1.28. The van der Waals surface area contributed by atoms with Gasteiger partial charge in [0, 0.05) is 4.47 Å². The summed E-state index contributed by atoms with van der Waals surface area (Å²) in [5, 5.41) is 0. The quantitative estimate of drug-likeness (QED) is 0.763. The first-order chi connectivity index (χ1) is 6.09. The monoisotopic (exact) mass is 259 g/mol. The summed E-state index contributed by atoms with van der Waals surface area (Å²) in [7, 11) is -3.43. The molecule has 0 spiro atoms. The molecule has 0 saturated carbocycles. The summed E-state index contributed by atoms with van der Waals surface area (Å²) >= 11 is 3.22. The molecule has 13 heavy (non-hydrogen) atoms. The Morgan fingerprint density at radius 2 is 2.23 bits per heavy atom. The average Bonchev–Trinajstić information content (AvgIpc) is 2.02. The van der Waals surface area contributed by atoms with E-state index in [1.165, 1.54) is 6.07 Å². The molecular formula is C7H4BrN2O2S. The number of hydrogen-bond acceptors (Lipinski definition) is 3. The van der Waals surface area contributed by atoms with Gasteiger partial charge in [-0.2, -0.15) is 0 Å². The van der Waals surface area contributed by atoms with Gasteiger partial charge in [0.2, 0.25) is 0 Å². The van der Waals surface area contributed by atoms with Gasteiger partial charge >= 0.3 is 0 Å². The molecule has 67 valence electrons. The molecule has 0 bridgehead atoms. The molecule has 1 aliphatic rings. The van der Waals surface area contributed by atoms with E-state index in [9.17, 15) is 8.42 Å². The van der Waals surface area contributed by atoms with Crippen molar-refractivity contribution in [1.29, 1.82) is 0 Å². The van der Waals surface area contributed by atoms with Gasteiger partial charge in [-0.05, 0) is 18.2 Å². The fourth-order valence-corrected chi connectivity index (χ4v) is 2.26. The molecule has 0 saturated heterocycles. The van der Waals surface area contributed by atoms with Crippen molar-refractivity contribution in [2.75, 3.05) is 0 Å². The van der Waals surface area contributed by atoms with Crippen molar-refractivity contribution in [2.24, 2.45) is 4.99 Å². The average molecular weight is 260 g/mol. The van der Waals surface area contributed by atoms with E-state index in [0.29, 0.717) is 5.69 Å². The zero-order chi connectivity index (χ0) is 9.47. The van der Waals surface area contributed by atoms with Crippen LogP contribution in [0.15, 0.2) is 32.6 Å². The van der Waals surface area contributed by atoms with Crippen LogP contribution in [0.5, 0.6) is 0 Å². The number of benzene rings is 1. The van der Waals surface area contributed by atoms with Gasteiger partial charge in [-0.25, -0.2) is 13.4 Å². The first-order valence-electron chi connectivity index (χ1n) is 3.37. The summed E-state index contributed by atoms with van der Waals surface area (Å²) in [6, 6.07) is 4.77. The van der Waals surface area contributed by atoms with Crippen molar-refractivity contribution in [3.05, 3.63) is 22.7 Å². The zero-order valence-electron chi connectivity index (χ0n) is 6.28. The highest BCUT2D eigenvalue weighted by atomic mass is 79.9. The molecule has 0 unspecified atom stereocenters. The van der Waals surface area contributed by atoms with Crippen LogP contribution in [-0.4, -0.2) is 14.8 Å². The highest BCUT2D eigenvalue weighted by molar-refractivity contribution is 9.10. The number of halogens is 1. The molecule has 1 N–H and O–H groups in total. The van der Waals surface area contributed by atoms with E-state index < -0.39 is 10.0 Å². The Labute approximate surface area is 83.9 Å². The van der Waals surface area contributed by atoms with Crippen LogP contribution in [0.4, 0.5) is 5.69 Å². The minimum atomic E-state index is -3.43. The number of rotatable bonds is 0. The molecular weight excluding hydrogens is 256 g/mol. The van der Waals surface area contributed by atoms with Crippen molar-refractivity contribution in [2.45, 2.75) is 4.90 Å². The fraction of sp³-hybridized carbons (Fsp3) is 0. The van der Waals surface area contributed by atoms with Crippen LogP contribution >= 0.6 is 15.9 Å². The Bertz CT molecular complexity index is 481. The largest absolute Gasteiger partial charge is 0.265 e. The Balaban J connectivity index is 2.75. The lowest BCUT2D eigenvalue weighted by molar-refractivity contribution is 0.592. The molecule has 0 amide bonds. The molecule has 6 heteroatoms. The lowest BCUT2D eigenvalue weighted by atomic mass is 10.3. The lowest BCUT2D eigenvalue weighted by Crippen LogP contribution is -2.24. The third-order valence-electron chi connectivity index (χ3n) is 1.57. The molecule has 1 aromatic carbocycles. The lowest BCUT2D eigenvalue weighted by Gasteiger charge is -2.10. The summed E-state index contributed by atoms with van der Waals surface area (Å²) in [6.07, 6.45) is 2.22. The summed E-state index contributed by atoms with van der Waals surface area (Å²) in [6.45, 7) is 0. The van der Waals surface area contributed by atoms with Gasteiger partial charge in [0.05, 0.1) is 5.69 Å². The van der Waals surface area contributed by atoms with Gasteiger partial charge in [0.1, 0.15) is 4.90 Å². The first-order valence-corrected chi connectivity index (χ1v) is 5.64. The van der Waals surface area contributed by atoms with Crippen LogP contribution in [0.25, 0.3) is 0 Å². The molecule has 2 rings (SSSR count). The Kier molecular flexibility index (Phi) is 1.88. The molecule has 1 radical (unpaired) electrons. The highest BCUT2D eigenvalue weighted by Gasteiger charge is 2.20. The summed E-state index contributed by atoms with van der Waals surface area (Å²) in [4.78, 5) is 3.95. The van der Waals surface area contributed by atoms with Crippen LogP contribution in [0.2, 0.25) is 0 Å². The van der Waals surface area contributed by atoms with Crippen molar-refractivity contribution in [3.63, 3.8) is 0 Å². The molecule has 0 aliphatic carbocycles. The van der Waals surface area contributed by atoms with Crippen LogP contribution in [-0.2, 0) is 10.0 Å². The highest BCUT2D eigenvalue weighted by Crippen LogP contribution is 2.28. The maximum absolute atomic E-state index is 11.3. The number of nitrogens with one attached hydrogen (secondary N) is 1. The molecule has 1 aliphatic heterocycles. The van der Waals surface area contributed by atoms with Gasteiger partial charge < -0.3 is 0 Å². The van der Waals surface area contributed by atoms with E-state index in [4.69, 9.17) is 0 Å². The number of fused-ring (bicyclic) bond motifs is 1. The summed E-state index contributed by atoms with van der Waals surface area (Å²) < 4.78 is 25.5. The van der Waals surface area contributed by atoms with E-state index in [-0.39, 0.29) is 4.90 Å². The van der Waals surface area contributed by atoms with Crippen LogP contribution in [0, 0.1) is 0 Å². The summed E-state index contributed by atoms with van der Waals surface area (Å²) in [5.41, 5.74) is 0.396. The maximum Gasteiger partial charge on any atom is 0.265 e. The van der Waals surface area contributed by atoms with Gasteiger partial charge in [-0.1, -0.05) is 15.9 Å². The van der Waals surface area contributed by atoms with E-state index in [0.717, 1.165) is 4.47 Å². The van der Waals surface area contributed by atoms with Crippen LogP contribution < -0.4 is 4.72 Å². The normalized spacial score (nSPS) is 17.6. The molecule has 0 fully saturated rings. The standard InChI is InChI=1S/C7H4BrN2O2S/c8-5-1-2-7-6(3-5)9-4-10-13(7,11)12/h1-3H,(H,9,10). The second-order valence-electron chi connectivity index (χ2n) is 2.44. The molecule has 0 aromatic heterocycles. The second-order valence-corrected chi connectivity index (χ2v) is 5.01. The van der Waals surface area contributed by atoms with E-state index in [1.807, 2.05) is 0 Å². The minimum absolute atomic E-state index is 0.175. The first kappa shape index (κ1) is 8.71. The van der Waals surface area contributed by atoms with E-state index >= 15 is 0 Å². The molecule has 0 atom stereocenters. The number of hydrogen-bond donors (Lipinski definition) is 1. The Morgan fingerprint density at radius 3 is 3.00 bits per heavy atom. The predicted molar refractivity (Wildman–Crippen MR) is 51.6 cm³/mol. The van der Waals surface area contributed by atoms with Crippen molar-refractivity contribution >= 4 is 38.0 Å².